The number of hydrogen-bond donors (Lipinski definition) is 0. The minimum Gasteiger partial charge on any atom is -0.497 e. The van der Waals surface area contributed by atoms with Crippen LogP contribution in [0.3, 0.4) is 0 Å². The van der Waals surface area contributed by atoms with Crippen molar-refractivity contribution in [2.45, 2.75) is 6.92 Å². The molecule has 4 rings (SSSR count). The Morgan fingerprint density at radius 1 is 0.857 bits per heavy atom. The van der Waals surface area contributed by atoms with Gasteiger partial charge in [-0.25, -0.2) is 4.39 Å². The van der Waals surface area contributed by atoms with E-state index in [1.807, 2.05) is 30.3 Å². The predicted molar refractivity (Wildman–Crippen MR) is 115 cm³/mol. The molecule has 0 saturated heterocycles. The summed E-state index contributed by atoms with van der Waals surface area (Å²) in [6, 6.07) is 27.9. The van der Waals surface area contributed by atoms with Gasteiger partial charge in [0, 0.05) is 0 Å². The summed E-state index contributed by atoms with van der Waals surface area (Å²) in [6.45, 7) is 1.79. The summed E-state index contributed by atoms with van der Waals surface area (Å²) < 4.78 is 19.1. The number of benzene rings is 4. The van der Waals surface area contributed by atoms with Gasteiger partial charge in [0.05, 0.1) is 7.11 Å². The monoisotopic (exact) mass is 368 g/mol. The number of rotatable bonds is 4. The molecule has 0 saturated carbocycles. The standard InChI is InChI=1S/C26H21FO/c1-18-16-19(10-15-26(18)27)17-25(21-11-13-22(28-2)14-12-21)24-9-5-7-20-6-3-4-8-23(20)24/h3-17H,1-2H3/b25-17+. The highest BCUT2D eigenvalue weighted by atomic mass is 19.1. The Morgan fingerprint density at radius 2 is 1.61 bits per heavy atom. The van der Waals surface area contributed by atoms with Crippen LogP contribution in [-0.4, -0.2) is 7.11 Å². The van der Waals surface area contributed by atoms with Crippen LogP contribution in [-0.2, 0) is 0 Å². The van der Waals surface area contributed by atoms with E-state index in [9.17, 15) is 4.39 Å². The molecule has 28 heavy (non-hydrogen) atoms. The van der Waals surface area contributed by atoms with Crippen molar-refractivity contribution in [3.8, 4) is 5.75 Å². The first-order chi connectivity index (χ1) is 13.7. The Bertz CT molecular complexity index is 1150. The van der Waals surface area contributed by atoms with Crippen molar-refractivity contribution in [3.05, 3.63) is 113 Å². The van der Waals surface area contributed by atoms with E-state index in [1.54, 1.807) is 14.0 Å². The molecule has 0 radical (unpaired) electrons. The van der Waals surface area contributed by atoms with Gasteiger partial charge in [-0.3, -0.25) is 0 Å². The van der Waals surface area contributed by atoms with Crippen molar-refractivity contribution in [2.75, 3.05) is 7.11 Å². The first kappa shape index (κ1) is 18.0. The van der Waals surface area contributed by atoms with E-state index < -0.39 is 0 Å². The summed E-state index contributed by atoms with van der Waals surface area (Å²) in [5.74, 6) is 0.631. The molecule has 4 aromatic carbocycles. The Hall–Kier alpha value is -3.39. The third-order valence-corrected chi connectivity index (χ3v) is 4.97. The summed E-state index contributed by atoms with van der Waals surface area (Å²) in [5, 5.41) is 2.38. The second-order valence-corrected chi connectivity index (χ2v) is 6.82. The van der Waals surface area contributed by atoms with E-state index in [0.717, 1.165) is 28.0 Å². The maximum Gasteiger partial charge on any atom is 0.126 e. The minimum atomic E-state index is -0.187. The molecular weight excluding hydrogens is 347 g/mol. The van der Waals surface area contributed by atoms with Crippen molar-refractivity contribution < 1.29 is 9.13 Å². The molecule has 0 aliphatic rings. The summed E-state index contributed by atoms with van der Waals surface area (Å²) in [6.07, 6.45) is 2.12. The lowest BCUT2D eigenvalue weighted by Gasteiger charge is -2.13. The van der Waals surface area contributed by atoms with Gasteiger partial charge in [0.2, 0.25) is 0 Å². The Morgan fingerprint density at radius 3 is 2.36 bits per heavy atom. The summed E-state index contributed by atoms with van der Waals surface area (Å²) >= 11 is 0. The van der Waals surface area contributed by atoms with Gasteiger partial charge in [-0.15, -0.1) is 0 Å². The van der Waals surface area contributed by atoms with E-state index >= 15 is 0 Å². The van der Waals surface area contributed by atoms with E-state index in [1.165, 1.54) is 16.8 Å². The van der Waals surface area contributed by atoms with E-state index in [0.29, 0.717) is 5.56 Å². The van der Waals surface area contributed by atoms with Crippen LogP contribution in [0, 0.1) is 12.7 Å². The number of aryl methyl sites for hydroxylation is 1. The summed E-state index contributed by atoms with van der Waals surface area (Å²) in [4.78, 5) is 0. The zero-order valence-corrected chi connectivity index (χ0v) is 15.9. The average molecular weight is 368 g/mol. The SMILES string of the molecule is COc1ccc(/C(=C\c2ccc(F)c(C)c2)c2cccc3ccccc23)cc1. The third kappa shape index (κ3) is 3.54. The highest BCUT2D eigenvalue weighted by molar-refractivity contribution is 6.02. The molecule has 0 atom stereocenters. The molecule has 0 spiro atoms. The smallest absolute Gasteiger partial charge is 0.126 e. The number of ether oxygens (including phenoxy) is 1. The Kier molecular flexibility index (Phi) is 4.94. The number of fused-ring (bicyclic) bond motifs is 1. The molecule has 0 unspecified atom stereocenters. The third-order valence-electron chi connectivity index (χ3n) is 4.97. The van der Waals surface area contributed by atoms with Crippen molar-refractivity contribution >= 4 is 22.4 Å². The van der Waals surface area contributed by atoms with E-state index in [2.05, 4.69) is 54.6 Å². The molecule has 1 nitrogen and oxygen atoms in total. The van der Waals surface area contributed by atoms with Gasteiger partial charge in [-0.2, -0.15) is 0 Å². The molecule has 0 fully saturated rings. The number of halogens is 1. The Balaban J connectivity index is 1.94. The van der Waals surface area contributed by atoms with Crippen LogP contribution in [0.4, 0.5) is 4.39 Å². The second-order valence-electron chi connectivity index (χ2n) is 6.82. The van der Waals surface area contributed by atoms with Crippen LogP contribution in [0.2, 0.25) is 0 Å². The zero-order chi connectivity index (χ0) is 19.5. The quantitative estimate of drug-likeness (QED) is 0.357. The van der Waals surface area contributed by atoms with Gasteiger partial charge in [0.1, 0.15) is 11.6 Å². The highest BCUT2D eigenvalue weighted by Crippen LogP contribution is 2.32. The fourth-order valence-corrected chi connectivity index (χ4v) is 3.47. The van der Waals surface area contributed by atoms with Crippen LogP contribution < -0.4 is 4.74 Å². The number of methoxy groups -OCH3 is 1. The molecule has 0 aliphatic carbocycles. The van der Waals surface area contributed by atoms with Gasteiger partial charge in [0.15, 0.2) is 0 Å². The van der Waals surface area contributed by atoms with Gasteiger partial charge in [-0.05, 0) is 75.9 Å². The van der Waals surface area contributed by atoms with Gasteiger partial charge in [0.25, 0.3) is 0 Å². The van der Waals surface area contributed by atoms with Gasteiger partial charge in [-0.1, -0.05) is 60.7 Å². The molecule has 2 heteroatoms. The maximum atomic E-state index is 13.7. The first-order valence-corrected chi connectivity index (χ1v) is 9.26. The van der Waals surface area contributed by atoms with Crippen LogP contribution >= 0.6 is 0 Å². The van der Waals surface area contributed by atoms with Crippen molar-refractivity contribution in [1.82, 2.24) is 0 Å². The molecule has 0 heterocycles. The Labute approximate surface area is 164 Å². The fourth-order valence-electron chi connectivity index (χ4n) is 3.47. The molecule has 0 amide bonds. The molecule has 0 aromatic heterocycles. The van der Waals surface area contributed by atoms with Crippen molar-refractivity contribution in [2.24, 2.45) is 0 Å². The lowest BCUT2D eigenvalue weighted by atomic mass is 9.91. The second kappa shape index (κ2) is 7.69. The molecule has 0 N–H and O–H groups in total. The highest BCUT2D eigenvalue weighted by Gasteiger charge is 2.10. The average Bonchev–Trinajstić information content (AvgIpc) is 2.74. The van der Waals surface area contributed by atoms with Crippen LogP contribution in [0.15, 0.2) is 84.9 Å². The summed E-state index contributed by atoms with van der Waals surface area (Å²) in [5.41, 5.74) is 4.92. The van der Waals surface area contributed by atoms with Crippen LogP contribution in [0.25, 0.3) is 22.4 Å². The van der Waals surface area contributed by atoms with Crippen LogP contribution in [0.1, 0.15) is 22.3 Å². The largest absolute Gasteiger partial charge is 0.497 e. The minimum absolute atomic E-state index is 0.187. The maximum absolute atomic E-state index is 13.7. The summed E-state index contributed by atoms with van der Waals surface area (Å²) in [7, 11) is 1.66. The van der Waals surface area contributed by atoms with E-state index in [-0.39, 0.29) is 5.82 Å². The predicted octanol–water partition coefficient (Wildman–Crippen LogP) is 6.88. The van der Waals surface area contributed by atoms with Gasteiger partial charge >= 0.3 is 0 Å². The molecular formula is C26H21FO. The zero-order valence-electron chi connectivity index (χ0n) is 15.9. The normalized spacial score (nSPS) is 11.6. The first-order valence-electron chi connectivity index (χ1n) is 9.26. The van der Waals surface area contributed by atoms with Gasteiger partial charge < -0.3 is 4.74 Å². The lowest BCUT2D eigenvalue weighted by molar-refractivity contribution is 0.415. The molecule has 4 aromatic rings. The van der Waals surface area contributed by atoms with Crippen molar-refractivity contribution in [1.29, 1.82) is 0 Å². The van der Waals surface area contributed by atoms with E-state index in [4.69, 9.17) is 4.74 Å². The lowest BCUT2D eigenvalue weighted by Crippen LogP contribution is -1.92. The van der Waals surface area contributed by atoms with Crippen molar-refractivity contribution in [3.63, 3.8) is 0 Å². The molecule has 0 bridgehead atoms. The number of hydrogen-bond acceptors (Lipinski definition) is 1. The molecule has 0 aliphatic heterocycles. The fraction of sp³-hybridized carbons (Fsp3) is 0.0769. The van der Waals surface area contributed by atoms with Crippen LogP contribution in [0.5, 0.6) is 5.75 Å². The topological polar surface area (TPSA) is 9.23 Å². The molecule has 138 valence electrons.